The first-order valence-corrected chi connectivity index (χ1v) is 4.80. The van der Waals surface area contributed by atoms with Gasteiger partial charge in [-0.05, 0) is 17.8 Å². The third kappa shape index (κ3) is 2.83. The molecule has 0 atom stereocenters. The first-order chi connectivity index (χ1) is 5.90. The van der Waals surface area contributed by atoms with Crippen molar-refractivity contribution in [2.24, 2.45) is 5.41 Å². The summed E-state index contributed by atoms with van der Waals surface area (Å²) in [5.41, 5.74) is 2.57. The van der Waals surface area contributed by atoms with E-state index in [1.165, 1.54) is 5.69 Å². The van der Waals surface area contributed by atoms with Crippen LogP contribution in [0.2, 0.25) is 0 Å². The zero-order chi connectivity index (χ0) is 10.1. The fraction of sp³-hybridized carbons (Fsp3) is 0.800. The lowest BCUT2D eigenvalue weighted by Crippen LogP contribution is -2.11. The highest BCUT2D eigenvalue weighted by Crippen LogP contribution is 2.23. The van der Waals surface area contributed by atoms with Crippen LogP contribution in [0, 0.1) is 5.41 Å². The maximum atomic E-state index is 4.12. The maximum absolute atomic E-state index is 4.12. The molecule has 1 rings (SSSR count). The van der Waals surface area contributed by atoms with Crippen LogP contribution in [0.5, 0.6) is 0 Å². The maximum Gasteiger partial charge on any atom is 0.0864 e. The number of nitrogens with zero attached hydrogens (tertiary/aromatic N) is 2. The van der Waals surface area contributed by atoms with Crippen molar-refractivity contribution < 1.29 is 0 Å². The zero-order valence-corrected chi connectivity index (χ0v) is 9.18. The summed E-state index contributed by atoms with van der Waals surface area (Å²) in [4.78, 5) is 0. The number of rotatable bonds is 2. The van der Waals surface area contributed by atoms with Gasteiger partial charge in [-0.3, -0.25) is 5.10 Å². The van der Waals surface area contributed by atoms with Crippen molar-refractivity contribution in [2.45, 2.75) is 47.0 Å². The molecular formula is C10H19N3. The summed E-state index contributed by atoms with van der Waals surface area (Å²) in [6.45, 7) is 11.0. The quantitative estimate of drug-likeness (QED) is 0.761. The highest BCUT2D eigenvalue weighted by Gasteiger charge is 2.18. The minimum Gasteiger partial charge on any atom is -0.262 e. The van der Waals surface area contributed by atoms with E-state index < -0.39 is 0 Å². The van der Waals surface area contributed by atoms with Crippen molar-refractivity contribution >= 4 is 0 Å². The Morgan fingerprint density at radius 1 is 1.31 bits per heavy atom. The molecule has 0 aromatic carbocycles. The van der Waals surface area contributed by atoms with Crippen molar-refractivity contribution in [3.8, 4) is 0 Å². The van der Waals surface area contributed by atoms with E-state index in [4.69, 9.17) is 0 Å². The molecular weight excluding hydrogens is 162 g/mol. The van der Waals surface area contributed by atoms with Crippen LogP contribution in [-0.4, -0.2) is 15.4 Å². The molecule has 0 aliphatic heterocycles. The molecule has 0 spiro atoms. The average molecular weight is 181 g/mol. The van der Waals surface area contributed by atoms with Gasteiger partial charge in [0.25, 0.3) is 0 Å². The van der Waals surface area contributed by atoms with E-state index in [2.05, 4.69) is 50.0 Å². The number of aromatic nitrogens is 3. The molecule has 0 saturated heterocycles. The highest BCUT2D eigenvalue weighted by atomic mass is 15.3. The normalized spacial score (nSPS) is 12.5. The van der Waals surface area contributed by atoms with Gasteiger partial charge < -0.3 is 0 Å². The molecule has 1 N–H and O–H groups in total. The van der Waals surface area contributed by atoms with E-state index in [1.807, 2.05) is 0 Å². The second kappa shape index (κ2) is 3.48. The fourth-order valence-corrected chi connectivity index (χ4v) is 1.35. The van der Waals surface area contributed by atoms with Crippen molar-refractivity contribution in [2.75, 3.05) is 0 Å². The van der Waals surface area contributed by atoms with Crippen LogP contribution in [0.25, 0.3) is 0 Å². The van der Waals surface area contributed by atoms with Gasteiger partial charge >= 0.3 is 0 Å². The molecule has 3 nitrogen and oxygen atoms in total. The Labute approximate surface area is 79.9 Å². The average Bonchev–Trinajstić information content (AvgIpc) is 2.31. The molecule has 0 bridgehead atoms. The fourth-order valence-electron chi connectivity index (χ4n) is 1.35. The first kappa shape index (κ1) is 10.2. The van der Waals surface area contributed by atoms with Gasteiger partial charge in [-0.25, -0.2) is 0 Å². The molecule has 1 aromatic rings. The third-order valence-electron chi connectivity index (χ3n) is 1.93. The molecule has 0 aliphatic rings. The lowest BCUT2D eigenvalue weighted by atomic mass is 9.89. The molecule has 0 saturated carbocycles. The SMILES string of the molecule is CC(C)c1[nH]nnc1CC(C)(C)C. The molecule has 0 fully saturated rings. The van der Waals surface area contributed by atoms with Gasteiger partial charge in [0.05, 0.1) is 11.4 Å². The second-order valence-corrected chi connectivity index (χ2v) is 5.06. The van der Waals surface area contributed by atoms with Crippen molar-refractivity contribution in [1.29, 1.82) is 0 Å². The Bertz CT molecular complexity index is 268. The summed E-state index contributed by atoms with van der Waals surface area (Å²) >= 11 is 0. The Balaban J connectivity index is 2.83. The van der Waals surface area contributed by atoms with Crippen LogP contribution in [0.3, 0.4) is 0 Å². The lowest BCUT2D eigenvalue weighted by Gasteiger charge is -2.17. The Morgan fingerprint density at radius 2 is 1.92 bits per heavy atom. The number of hydrogen-bond donors (Lipinski definition) is 1. The van der Waals surface area contributed by atoms with E-state index in [1.54, 1.807) is 0 Å². The monoisotopic (exact) mass is 181 g/mol. The topological polar surface area (TPSA) is 41.6 Å². The predicted octanol–water partition coefficient (Wildman–Crippen LogP) is 2.52. The minimum absolute atomic E-state index is 0.278. The summed E-state index contributed by atoms with van der Waals surface area (Å²) < 4.78 is 0. The highest BCUT2D eigenvalue weighted by molar-refractivity contribution is 5.13. The molecule has 0 unspecified atom stereocenters. The smallest absolute Gasteiger partial charge is 0.0864 e. The van der Waals surface area contributed by atoms with E-state index >= 15 is 0 Å². The van der Waals surface area contributed by atoms with Crippen LogP contribution in [-0.2, 0) is 6.42 Å². The Hall–Kier alpha value is -0.860. The van der Waals surface area contributed by atoms with Crippen molar-refractivity contribution in [1.82, 2.24) is 15.4 Å². The number of nitrogens with one attached hydrogen (secondary N) is 1. The van der Waals surface area contributed by atoms with E-state index in [-0.39, 0.29) is 5.41 Å². The van der Waals surface area contributed by atoms with Crippen molar-refractivity contribution in [3.05, 3.63) is 11.4 Å². The minimum atomic E-state index is 0.278. The summed E-state index contributed by atoms with van der Waals surface area (Å²) in [5.74, 6) is 0.479. The van der Waals surface area contributed by atoms with Crippen LogP contribution < -0.4 is 0 Å². The zero-order valence-electron chi connectivity index (χ0n) is 9.18. The van der Waals surface area contributed by atoms with E-state index in [0.717, 1.165) is 12.1 Å². The van der Waals surface area contributed by atoms with Crippen LogP contribution >= 0.6 is 0 Å². The van der Waals surface area contributed by atoms with Crippen LogP contribution in [0.1, 0.15) is 51.9 Å². The molecule has 1 aromatic heterocycles. The molecule has 0 amide bonds. The summed E-state index contributed by atoms with van der Waals surface area (Å²) in [6.07, 6.45) is 0.983. The lowest BCUT2D eigenvalue weighted by molar-refractivity contribution is 0.404. The number of hydrogen-bond acceptors (Lipinski definition) is 2. The third-order valence-corrected chi connectivity index (χ3v) is 1.93. The second-order valence-electron chi connectivity index (χ2n) is 5.06. The molecule has 74 valence electrons. The van der Waals surface area contributed by atoms with Gasteiger partial charge in [0.15, 0.2) is 0 Å². The first-order valence-electron chi connectivity index (χ1n) is 4.80. The van der Waals surface area contributed by atoms with Gasteiger partial charge in [0.1, 0.15) is 0 Å². The van der Waals surface area contributed by atoms with E-state index in [9.17, 15) is 0 Å². The number of H-pyrrole nitrogens is 1. The van der Waals surface area contributed by atoms with Crippen LogP contribution in [0.15, 0.2) is 0 Å². The van der Waals surface area contributed by atoms with Crippen molar-refractivity contribution in [3.63, 3.8) is 0 Å². The number of aromatic amines is 1. The predicted molar refractivity (Wildman–Crippen MR) is 53.6 cm³/mol. The molecule has 0 aliphatic carbocycles. The molecule has 1 heterocycles. The van der Waals surface area contributed by atoms with Crippen LogP contribution in [0.4, 0.5) is 0 Å². The molecule has 3 heteroatoms. The van der Waals surface area contributed by atoms with Gasteiger partial charge in [-0.15, -0.1) is 5.10 Å². The molecule has 0 radical (unpaired) electrons. The Kier molecular flexibility index (Phi) is 2.74. The summed E-state index contributed by atoms with van der Waals surface area (Å²) in [6, 6.07) is 0. The van der Waals surface area contributed by atoms with Gasteiger partial charge in [0, 0.05) is 0 Å². The van der Waals surface area contributed by atoms with E-state index in [0.29, 0.717) is 5.92 Å². The molecule has 13 heavy (non-hydrogen) atoms. The van der Waals surface area contributed by atoms with Gasteiger partial charge in [-0.1, -0.05) is 39.8 Å². The van der Waals surface area contributed by atoms with Gasteiger partial charge in [0.2, 0.25) is 0 Å². The largest absolute Gasteiger partial charge is 0.262 e. The summed E-state index contributed by atoms with van der Waals surface area (Å²) in [7, 11) is 0. The van der Waals surface area contributed by atoms with Gasteiger partial charge in [-0.2, -0.15) is 0 Å². The standard InChI is InChI=1S/C10H19N3/c1-7(2)9-8(11-13-12-9)6-10(3,4)5/h7H,6H2,1-5H3,(H,11,12,13). The Morgan fingerprint density at radius 3 is 2.38 bits per heavy atom. The summed E-state index contributed by atoms with van der Waals surface area (Å²) in [5, 5.41) is 10.9.